The van der Waals surface area contributed by atoms with Crippen LogP contribution in [0.15, 0.2) is 48.5 Å². The summed E-state index contributed by atoms with van der Waals surface area (Å²) in [5, 5.41) is 15.4. The number of hydrogen-bond acceptors (Lipinski definition) is 5. The van der Waals surface area contributed by atoms with Crippen LogP contribution in [0, 0.1) is 32.1 Å². The Bertz CT molecular complexity index is 939. The number of aromatic nitrogens is 2. The Morgan fingerprint density at radius 1 is 0.920 bits per heavy atom. The van der Waals surface area contributed by atoms with E-state index < -0.39 is 0 Å². The minimum absolute atomic E-state index is 0.546. The van der Waals surface area contributed by atoms with Gasteiger partial charge in [-0.05, 0) is 62.2 Å². The zero-order valence-corrected chi connectivity index (χ0v) is 14.5. The number of nitrogens with zero attached hydrogens (tertiary/aromatic N) is 3. The lowest BCUT2D eigenvalue weighted by Crippen LogP contribution is -2.03. The molecule has 3 rings (SSSR count). The highest BCUT2D eigenvalue weighted by Crippen LogP contribution is 2.23. The lowest BCUT2D eigenvalue weighted by molar-refractivity contribution is 1.10. The quantitative estimate of drug-likeness (QED) is 0.722. The molecule has 0 spiro atoms. The van der Waals surface area contributed by atoms with Gasteiger partial charge in [-0.25, -0.2) is 4.98 Å². The highest BCUT2D eigenvalue weighted by atomic mass is 15.1. The van der Waals surface area contributed by atoms with Crippen molar-refractivity contribution < 1.29 is 0 Å². The van der Waals surface area contributed by atoms with E-state index >= 15 is 0 Å². The summed E-state index contributed by atoms with van der Waals surface area (Å²) >= 11 is 0. The molecule has 0 unspecified atom stereocenters. The molecular weight excluding hydrogens is 310 g/mol. The average molecular weight is 329 g/mol. The number of benzene rings is 2. The van der Waals surface area contributed by atoms with Crippen molar-refractivity contribution in [1.82, 2.24) is 9.97 Å². The van der Waals surface area contributed by atoms with Gasteiger partial charge in [0.25, 0.3) is 0 Å². The van der Waals surface area contributed by atoms with Crippen molar-refractivity contribution in [3.05, 3.63) is 70.9 Å². The van der Waals surface area contributed by atoms with E-state index in [0.717, 1.165) is 17.1 Å². The highest BCUT2D eigenvalue weighted by molar-refractivity contribution is 5.63. The molecule has 0 bridgehead atoms. The van der Waals surface area contributed by atoms with Gasteiger partial charge in [0.05, 0.1) is 11.6 Å². The zero-order chi connectivity index (χ0) is 17.8. The maximum atomic E-state index is 8.87. The molecule has 5 heteroatoms. The van der Waals surface area contributed by atoms with Crippen LogP contribution in [0.1, 0.15) is 22.4 Å². The highest BCUT2D eigenvalue weighted by Gasteiger charge is 2.06. The number of hydrogen-bond donors (Lipinski definition) is 2. The Morgan fingerprint density at radius 3 is 2.40 bits per heavy atom. The molecule has 0 aliphatic heterocycles. The van der Waals surface area contributed by atoms with Crippen LogP contribution in [0.5, 0.6) is 0 Å². The van der Waals surface area contributed by atoms with Crippen molar-refractivity contribution in [2.45, 2.75) is 20.8 Å². The van der Waals surface area contributed by atoms with E-state index in [0.29, 0.717) is 17.3 Å². The van der Waals surface area contributed by atoms with Gasteiger partial charge in [-0.15, -0.1) is 0 Å². The van der Waals surface area contributed by atoms with Crippen molar-refractivity contribution >= 4 is 23.1 Å². The van der Waals surface area contributed by atoms with Crippen LogP contribution in [-0.2, 0) is 0 Å². The van der Waals surface area contributed by atoms with Gasteiger partial charge in [0.1, 0.15) is 5.82 Å². The summed E-state index contributed by atoms with van der Waals surface area (Å²) in [5.41, 5.74) is 5.74. The van der Waals surface area contributed by atoms with Crippen LogP contribution in [0.4, 0.5) is 23.1 Å². The van der Waals surface area contributed by atoms with Crippen molar-refractivity contribution in [2.24, 2.45) is 0 Å². The summed E-state index contributed by atoms with van der Waals surface area (Å²) in [5.74, 6) is 1.25. The summed E-state index contributed by atoms with van der Waals surface area (Å²) in [6.07, 6.45) is 0. The van der Waals surface area contributed by atoms with Crippen LogP contribution < -0.4 is 10.6 Å². The molecule has 0 saturated heterocycles. The number of aryl methyl sites for hydroxylation is 2. The van der Waals surface area contributed by atoms with Crippen molar-refractivity contribution in [1.29, 1.82) is 5.26 Å². The van der Waals surface area contributed by atoms with Crippen molar-refractivity contribution in [2.75, 3.05) is 10.6 Å². The average Bonchev–Trinajstić information content (AvgIpc) is 2.59. The fraction of sp³-hybridized carbons (Fsp3) is 0.150. The third-order valence-electron chi connectivity index (χ3n) is 3.99. The lowest BCUT2D eigenvalue weighted by Gasteiger charge is -2.12. The normalized spacial score (nSPS) is 10.2. The second-order valence-corrected chi connectivity index (χ2v) is 5.90. The van der Waals surface area contributed by atoms with Gasteiger partial charge in [-0.2, -0.15) is 10.2 Å². The van der Waals surface area contributed by atoms with E-state index in [4.69, 9.17) is 5.26 Å². The molecule has 1 aromatic heterocycles. The molecule has 0 aliphatic carbocycles. The van der Waals surface area contributed by atoms with E-state index in [9.17, 15) is 0 Å². The molecule has 0 radical (unpaired) electrons. The standard InChI is InChI=1S/C20H19N5/c1-13-5-4-6-18(15(13)3)24-20-22-14(2)11-19(25-20)23-17-9-7-16(12-21)8-10-17/h4-11H,1-3H3,(H2,22,23,24,25). The Labute approximate surface area is 147 Å². The van der Waals surface area contributed by atoms with Gasteiger partial charge >= 0.3 is 0 Å². The molecule has 0 saturated carbocycles. The van der Waals surface area contributed by atoms with Gasteiger partial charge in [0, 0.05) is 23.1 Å². The first-order valence-electron chi connectivity index (χ1n) is 8.01. The third-order valence-corrected chi connectivity index (χ3v) is 3.99. The number of nitrogens with one attached hydrogen (secondary N) is 2. The molecule has 25 heavy (non-hydrogen) atoms. The molecule has 2 aromatic carbocycles. The van der Waals surface area contributed by atoms with Gasteiger partial charge in [0.15, 0.2) is 0 Å². The first-order chi connectivity index (χ1) is 12.0. The smallest absolute Gasteiger partial charge is 0.229 e. The summed E-state index contributed by atoms with van der Waals surface area (Å²) < 4.78 is 0. The van der Waals surface area contributed by atoms with E-state index in [1.807, 2.05) is 37.3 Å². The molecule has 5 nitrogen and oxygen atoms in total. The van der Waals surface area contributed by atoms with E-state index in [1.165, 1.54) is 11.1 Å². The monoisotopic (exact) mass is 329 g/mol. The molecule has 2 N–H and O–H groups in total. The van der Waals surface area contributed by atoms with Crippen LogP contribution in [0.3, 0.4) is 0 Å². The van der Waals surface area contributed by atoms with E-state index in [-0.39, 0.29) is 0 Å². The first kappa shape index (κ1) is 16.5. The topological polar surface area (TPSA) is 73.6 Å². The maximum absolute atomic E-state index is 8.87. The van der Waals surface area contributed by atoms with Crippen molar-refractivity contribution in [3.63, 3.8) is 0 Å². The molecule has 0 fully saturated rings. The first-order valence-corrected chi connectivity index (χ1v) is 8.01. The van der Waals surface area contributed by atoms with E-state index in [1.54, 1.807) is 12.1 Å². The Kier molecular flexibility index (Phi) is 4.62. The summed E-state index contributed by atoms with van der Waals surface area (Å²) in [6, 6.07) is 17.3. The maximum Gasteiger partial charge on any atom is 0.229 e. The lowest BCUT2D eigenvalue weighted by atomic mass is 10.1. The van der Waals surface area contributed by atoms with Crippen LogP contribution in [0.25, 0.3) is 0 Å². The minimum atomic E-state index is 0.546. The van der Waals surface area contributed by atoms with E-state index in [2.05, 4.69) is 46.6 Å². The Morgan fingerprint density at radius 2 is 1.68 bits per heavy atom. The van der Waals surface area contributed by atoms with Gasteiger partial charge < -0.3 is 10.6 Å². The molecule has 0 aliphatic rings. The number of anilines is 4. The third kappa shape index (κ3) is 3.93. The zero-order valence-electron chi connectivity index (χ0n) is 14.5. The molecule has 124 valence electrons. The van der Waals surface area contributed by atoms with Crippen LogP contribution in [-0.4, -0.2) is 9.97 Å². The number of nitriles is 1. The van der Waals surface area contributed by atoms with Gasteiger partial charge in [0.2, 0.25) is 5.95 Å². The predicted octanol–water partition coefficient (Wildman–Crippen LogP) is 4.76. The number of rotatable bonds is 4. The molecule has 3 aromatic rings. The minimum Gasteiger partial charge on any atom is -0.340 e. The van der Waals surface area contributed by atoms with Crippen LogP contribution >= 0.6 is 0 Å². The largest absolute Gasteiger partial charge is 0.340 e. The molecule has 0 amide bonds. The summed E-state index contributed by atoms with van der Waals surface area (Å²) in [4.78, 5) is 9.00. The fourth-order valence-electron chi connectivity index (χ4n) is 2.47. The SMILES string of the molecule is Cc1cc(Nc2ccc(C#N)cc2)nc(Nc2cccc(C)c2C)n1. The second-order valence-electron chi connectivity index (χ2n) is 5.90. The fourth-order valence-corrected chi connectivity index (χ4v) is 2.47. The van der Waals surface area contributed by atoms with Crippen LogP contribution in [0.2, 0.25) is 0 Å². The Balaban J connectivity index is 1.85. The molecule has 0 atom stereocenters. The van der Waals surface area contributed by atoms with Gasteiger partial charge in [-0.1, -0.05) is 12.1 Å². The molecule has 1 heterocycles. The Hall–Kier alpha value is -3.39. The second kappa shape index (κ2) is 7.02. The van der Waals surface area contributed by atoms with Crippen molar-refractivity contribution in [3.8, 4) is 6.07 Å². The predicted molar refractivity (Wildman–Crippen MR) is 100 cm³/mol. The summed E-state index contributed by atoms with van der Waals surface area (Å²) in [6.45, 7) is 6.08. The van der Waals surface area contributed by atoms with Gasteiger partial charge in [-0.3, -0.25) is 0 Å². The summed E-state index contributed by atoms with van der Waals surface area (Å²) in [7, 11) is 0. The molecular formula is C20H19N5.